The van der Waals surface area contributed by atoms with Gasteiger partial charge in [0.2, 0.25) is 5.91 Å². The van der Waals surface area contributed by atoms with Gasteiger partial charge >= 0.3 is 0 Å². The molecule has 2 amide bonds. The van der Waals surface area contributed by atoms with Gasteiger partial charge in [-0.1, -0.05) is 6.42 Å². The van der Waals surface area contributed by atoms with E-state index < -0.39 is 0 Å². The molecule has 0 aliphatic carbocycles. The second kappa shape index (κ2) is 8.73. The third kappa shape index (κ3) is 4.35. The van der Waals surface area contributed by atoms with E-state index in [4.69, 9.17) is 0 Å². The summed E-state index contributed by atoms with van der Waals surface area (Å²) < 4.78 is 0. The molecule has 2 aliphatic heterocycles. The molecule has 3 heterocycles. The largest absolute Gasteiger partial charge is 0.352 e. The van der Waals surface area contributed by atoms with Gasteiger partial charge in [-0.05, 0) is 57.0 Å². The van der Waals surface area contributed by atoms with E-state index in [2.05, 4.69) is 20.4 Å². The van der Waals surface area contributed by atoms with E-state index in [9.17, 15) is 9.59 Å². The topological polar surface area (TPSA) is 81.3 Å². The first-order valence-electron chi connectivity index (χ1n) is 10.4. The van der Waals surface area contributed by atoms with Gasteiger partial charge in [-0.2, -0.15) is 5.10 Å². The number of nitrogens with zero attached hydrogens (tertiary/aromatic N) is 3. The second-order valence-electron chi connectivity index (χ2n) is 7.92. The van der Waals surface area contributed by atoms with Gasteiger partial charge in [0.1, 0.15) is 0 Å². The highest BCUT2D eigenvalue weighted by molar-refractivity contribution is 5.98. The molecule has 1 atom stereocenters. The van der Waals surface area contributed by atoms with E-state index in [-0.39, 0.29) is 11.8 Å². The third-order valence-corrected chi connectivity index (χ3v) is 5.94. The van der Waals surface area contributed by atoms with Crippen LogP contribution in [0.15, 0.2) is 24.4 Å². The second-order valence-corrected chi connectivity index (χ2v) is 7.92. The number of likely N-dealkylation sites (tertiary alicyclic amines) is 2. The number of aromatic nitrogens is 2. The van der Waals surface area contributed by atoms with Crippen molar-refractivity contribution in [1.82, 2.24) is 25.3 Å². The highest BCUT2D eigenvalue weighted by Gasteiger charge is 2.30. The van der Waals surface area contributed by atoms with Gasteiger partial charge < -0.3 is 15.1 Å². The Balaban J connectivity index is 1.25. The number of hydrogen-bond donors (Lipinski definition) is 2. The smallest absolute Gasteiger partial charge is 0.251 e. The number of piperidine rings is 1. The lowest BCUT2D eigenvalue weighted by Gasteiger charge is -2.33. The van der Waals surface area contributed by atoms with Crippen molar-refractivity contribution in [1.29, 1.82) is 0 Å². The van der Waals surface area contributed by atoms with Gasteiger partial charge in [-0.25, -0.2) is 0 Å². The molecule has 2 aromatic rings. The summed E-state index contributed by atoms with van der Waals surface area (Å²) in [5, 5.41) is 10.6. The van der Waals surface area contributed by atoms with Gasteiger partial charge in [-0.3, -0.25) is 14.7 Å². The Morgan fingerprint density at radius 2 is 2.00 bits per heavy atom. The van der Waals surface area contributed by atoms with Gasteiger partial charge in [0, 0.05) is 43.0 Å². The van der Waals surface area contributed by atoms with E-state index in [1.165, 1.54) is 19.3 Å². The molecule has 0 radical (unpaired) electrons. The molecule has 2 aliphatic rings. The molecule has 0 spiro atoms. The molecular formula is C21H29N5O2. The van der Waals surface area contributed by atoms with E-state index in [0.29, 0.717) is 24.6 Å². The Bertz CT molecular complexity index is 827. The van der Waals surface area contributed by atoms with Crippen LogP contribution < -0.4 is 5.32 Å². The molecule has 4 rings (SSSR count). The van der Waals surface area contributed by atoms with Crippen molar-refractivity contribution >= 4 is 22.7 Å². The molecule has 28 heavy (non-hydrogen) atoms. The number of rotatable bonds is 6. The van der Waals surface area contributed by atoms with Crippen LogP contribution in [0.4, 0.5) is 0 Å². The average molecular weight is 383 g/mol. The summed E-state index contributed by atoms with van der Waals surface area (Å²) in [5.74, 6) is 0.00675. The standard InChI is InChI=1S/C21H29N5O2/c27-20(26-12-4-5-18(26)15-25-10-2-1-3-11-25)8-9-22-21(28)16-6-7-19-17(13-16)14-23-24-19/h6-7,13-14,18H,1-5,8-12,15H2,(H,22,28)(H,23,24). The molecule has 1 unspecified atom stereocenters. The molecule has 0 bridgehead atoms. The van der Waals surface area contributed by atoms with Gasteiger partial charge in [0.05, 0.1) is 11.7 Å². The van der Waals surface area contributed by atoms with Crippen molar-refractivity contribution in [2.24, 2.45) is 0 Å². The fraction of sp³-hybridized carbons (Fsp3) is 0.571. The van der Waals surface area contributed by atoms with Crippen molar-refractivity contribution in [2.75, 3.05) is 32.7 Å². The highest BCUT2D eigenvalue weighted by atomic mass is 16.2. The first-order chi connectivity index (χ1) is 13.7. The van der Waals surface area contributed by atoms with Crippen molar-refractivity contribution in [3.8, 4) is 0 Å². The number of H-pyrrole nitrogens is 1. The van der Waals surface area contributed by atoms with Crippen molar-refractivity contribution in [3.05, 3.63) is 30.0 Å². The molecular weight excluding hydrogens is 354 g/mol. The summed E-state index contributed by atoms with van der Waals surface area (Å²) in [6, 6.07) is 5.76. The third-order valence-electron chi connectivity index (χ3n) is 5.94. The van der Waals surface area contributed by atoms with Crippen LogP contribution in [0, 0.1) is 0 Å². The van der Waals surface area contributed by atoms with E-state index in [1.807, 2.05) is 17.0 Å². The summed E-state index contributed by atoms with van der Waals surface area (Å²) in [6.07, 6.45) is 8.12. The summed E-state index contributed by atoms with van der Waals surface area (Å²) in [6.45, 7) is 4.55. The van der Waals surface area contributed by atoms with E-state index in [1.54, 1.807) is 12.3 Å². The number of aromatic amines is 1. The zero-order valence-corrected chi connectivity index (χ0v) is 16.3. The van der Waals surface area contributed by atoms with Crippen LogP contribution in [0.1, 0.15) is 48.9 Å². The Morgan fingerprint density at radius 3 is 2.86 bits per heavy atom. The lowest BCUT2D eigenvalue weighted by Crippen LogP contribution is -2.45. The van der Waals surface area contributed by atoms with E-state index >= 15 is 0 Å². The normalized spacial score (nSPS) is 20.6. The number of benzene rings is 1. The number of hydrogen-bond acceptors (Lipinski definition) is 4. The van der Waals surface area contributed by atoms with Crippen LogP contribution in [0.5, 0.6) is 0 Å². The fourth-order valence-corrected chi connectivity index (χ4v) is 4.41. The number of carbonyl (C=O) groups is 2. The van der Waals surface area contributed by atoms with Gasteiger partial charge in [-0.15, -0.1) is 0 Å². The maximum absolute atomic E-state index is 12.7. The Kier molecular flexibility index (Phi) is 5.90. The zero-order valence-electron chi connectivity index (χ0n) is 16.3. The molecule has 7 heteroatoms. The Morgan fingerprint density at radius 1 is 1.14 bits per heavy atom. The van der Waals surface area contributed by atoms with Gasteiger partial charge in [0.25, 0.3) is 5.91 Å². The lowest BCUT2D eigenvalue weighted by molar-refractivity contribution is -0.132. The van der Waals surface area contributed by atoms with Crippen LogP contribution in [0.2, 0.25) is 0 Å². The molecule has 150 valence electrons. The van der Waals surface area contributed by atoms with Crippen LogP contribution in [-0.2, 0) is 4.79 Å². The monoisotopic (exact) mass is 383 g/mol. The Hall–Kier alpha value is -2.41. The first kappa shape index (κ1) is 18.9. The highest BCUT2D eigenvalue weighted by Crippen LogP contribution is 2.21. The number of fused-ring (bicyclic) bond motifs is 1. The number of nitrogens with one attached hydrogen (secondary N) is 2. The molecule has 7 nitrogen and oxygen atoms in total. The molecule has 2 fully saturated rings. The number of amides is 2. The van der Waals surface area contributed by atoms with E-state index in [0.717, 1.165) is 49.9 Å². The van der Waals surface area contributed by atoms with Crippen molar-refractivity contribution < 1.29 is 9.59 Å². The van der Waals surface area contributed by atoms with Crippen molar-refractivity contribution in [3.63, 3.8) is 0 Å². The maximum Gasteiger partial charge on any atom is 0.251 e. The summed E-state index contributed by atoms with van der Waals surface area (Å²) >= 11 is 0. The average Bonchev–Trinajstić information content (AvgIpc) is 3.37. The van der Waals surface area contributed by atoms with Gasteiger partial charge in [0.15, 0.2) is 0 Å². The van der Waals surface area contributed by atoms with Crippen LogP contribution in [0.3, 0.4) is 0 Å². The quantitative estimate of drug-likeness (QED) is 0.801. The predicted molar refractivity (Wildman–Crippen MR) is 108 cm³/mol. The summed E-state index contributed by atoms with van der Waals surface area (Å²) in [5.41, 5.74) is 1.49. The summed E-state index contributed by atoms with van der Waals surface area (Å²) in [4.78, 5) is 29.6. The molecule has 0 saturated carbocycles. The molecule has 2 saturated heterocycles. The summed E-state index contributed by atoms with van der Waals surface area (Å²) in [7, 11) is 0. The minimum Gasteiger partial charge on any atom is -0.352 e. The molecule has 1 aromatic carbocycles. The molecule has 2 N–H and O–H groups in total. The fourth-order valence-electron chi connectivity index (χ4n) is 4.41. The SMILES string of the molecule is O=C(NCCC(=O)N1CCCC1CN1CCCCC1)c1ccc2[nH]ncc2c1. The van der Waals surface area contributed by atoms with Crippen LogP contribution >= 0.6 is 0 Å². The predicted octanol–water partition coefficient (Wildman–Crippen LogP) is 2.16. The lowest BCUT2D eigenvalue weighted by atomic mass is 10.1. The van der Waals surface area contributed by atoms with Crippen molar-refractivity contribution in [2.45, 2.75) is 44.6 Å². The minimum atomic E-state index is -0.151. The maximum atomic E-state index is 12.7. The van der Waals surface area contributed by atoms with Crippen LogP contribution in [0.25, 0.3) is 10.9 Å². The number of carbonyl (C=O) groups excluding carboxylic acids is 2. The first-order valence-corrected chi connectivity index (χ1v) is 10.4. The zero-order chi connectivity index (χ0) is 19.3. The molecule has 1 aromatic heterocycles. The Labute approximate surface area is 165 Å². The van der Waals surface area contributed by atoms with Crippen LogP contribution in [-0.4, -0.2) is 70.6 Å². The minimum absolute atomic E-state index is 0.151.